The lowest BCUT2D eigenvalue weighted by Crippen LogP contribution is -2.30. The number of halogens is 2. The fourth-order valence-corrected chi connectivity index (χ4v) is 1.82. The SMILES string of the molecule is Cc1nn(C)c(CN(C)C(C)CCl)c1Cl. The highest BCUT2D eigenvalue weighted by atomic mass is 35.5. The number of alkyl halides is 1. The topological polar surface area (TPSA) is 21.1 Å². The summed E-state index contributed by atoms with van der Waals surface area (Å²) in [6, 6.07) is 0.331. The molecule has 86 valence electrons. The second-order valence-electron chi connectivity index (χ2n) is 3.89. The summed E-state index contributed by atoms with van der Waals surface area (Å²) in [6.07, 6.45) is 0. The predicted octanol–water partition coefficient (Wildman–Crippen LogP) is 2.44. The fourth-order valence-electron chi connectivity index (χ4n) is 1.36. The molecule has 0 amide bonds. The maximum absolute atomic E-state index is 6.16. The Bertz CT molecular complexity index is 336. The zero-order chi connectivity index (χ0) is 11.6. The van der Waals surface area contributed by atoms with Gasteiger partial charge in [-0.05, 0) is 20.9 Å². The average Bonchev–Trinajstić information content (AvgIpc) is 2.43. The van der Waals surface area contributed by atoms with Crippen molar-refractivity contribution >= 4 is 23.2 Å². The minimum Gasteiger partial charge on any atom is -0.297 e. The zero-order valence-corrected chi connectivity index (χ0v) is 11.1. The summed E-state index contributed by atoms with van der Waals surface area (Å²) in [4.78, 5) is 2.16. The van der Waals surface area contributed by atoms with Gasteiger partial charge in [0.15, 0.2) is 0 Å². The van der Waals surface area contributed by atoms with Crippen molar-refractivity contribution in [2.45, 2.75) is 26.4 Å². The Morgan fingerprint density at radius 1 is 1.53 bits per heavy atom. The van der Waals surface area contributed by atoms with Crippen LogP contribution in [0.5, 0.6) is 0 Å². The number of nitrogens with zero attached hydrogens (tertiary/aromatic N) is 3. The van der Waals surface area contributed by atoms with Crippen molar-refractivity contribution in [3.63, 3.8) is 0 Å². The second-order valence-corrected chi connectivity index (χ2v) is 4.57. The molecular weight excluding hydrogens is 233 g/mol. The maximum Gasteiger partial charge on any atom is 0.0860 e. The van der Waals surface area contributed by atoms with Crippen LogP contribution in [-0.4, -0.2) is 33.6 Å². The Hall–Kier alpha value is -0.250. The van der Waals surface area contributed by atoms with E-state index in [1.807, 2.05) is 25.7 Å². The van der Waals surface area contributed by atoms with Crippen LogP contribution in [-0.2, 0) is 13.6 Å². The number of hydrogen-bond acceptors (Lipinski definition) is 2. The van der Waals surface area contributed by atoms with Gasteiger partial charge in [0.2, 0.25) is 0 Å². The van der Waals surface area contributed by atoms with Crippen LogP contribution >= 0.6 is 23.2 Å². The van der Waals surface area contributed by atoms with E-state index in [9.17, 15) is 0 Å². The molecule has 1 aromatic heterocycles. The molecule has 3 nitrogen and oxygen atoms in total. The Labute approximate surface area is 101 Å². The molecule has 0 bridgehead atoms. The smallest absolute Gasteiger partial charge is 0.0860 e. The summed E-state index contributed by atoms with van der Waals surface area (Å²) in [7, 11) is 3.94. The van der Waals surface area contributed by atoms with Crippen molar-refractivity contribution in [3.05, 3.63) is 16.4 Å². The Morgan fingerprint density at radius 2 is 2.13 bits per heavy atom. The van der Waals surface area contributed by atoms with Gasteiger partial charge >= 0.3 is 0 Å². The number of rotatable bonds is 4. The van der Waals surface area contributed by atoms with E-state index in [-0.39, 0.29) is 0 Å². The summed E-state index contributed by atoms with van der Waals surface area (Å²) >= 11 is 12.0. The summed E-state index contributed by atoms with van der Waals surface area (Å²) in [5.74, 6) is 0.616. The molecule has 0 aliphatic heterocycles. The quantitative estimate of drug-likeness (QED) is 0.765. The van der Waals surface area contributed by atoms with Gasteiger partial charge in [0.05, 0.1) is 16.4 Å². The van der Waals surface area contributed by atoms with Crippen LogP contribution in [0.2, 0.25) is 5.02 Å². The molecule has 0 radical (unpaired) electrons. The van der Waals surface area contributed by atoms with E-state index in [1.165, 1.54) is 0 Å². The standard InChI is InChI=1S/C10H17Cl2N3/c1-7(5-11)14(3)6-9-10(12)8(2)13-15(9)4/h7H,5-6H2,1-4H3. The van der Waals surface area contributed by atoms with Crippen molar-refractivity contribution in [3.8, 4) is 0 Å². The van der Waals surface area contributed by atoms with E-state index in [4.69, 9.17) is 23.2 Å². The molecular formula is C10H17Cl2N3. The second kappa shape index (κ2) is 5.19. The number of aromatic nitrogens is 2. The summed E-state index contributed by atoms with van der Waals surface area (Å²) < 4.78 is 1.83. The highest BCUT2D eigenvalue weighted by Crippen LogP contribution is 2.21. The fraction of sp³-hybridized carbons (Fsp3) is 0.700. The van der Waals surface area contributed by atoms with Gasteiger partial charge in [-0.1, -0.05) is 11.6 Å². The third-order valence-electron chi connectivity index (χ3n) is 2.64. The van der Waals surface area contributed by atoms with Crippen LogP contribution in [0.25, 0.3) is 0 Å². The highest BCUT2D eigenvalue weighted by molar-refractivity contribution is 6.31. The summed E-state index contributed by atoms with van der Waals surface area (Å²) in [5.41, 5.74) is 1.91. The first kappa shape index (κ1) is 12.8. The van der Waals surface area contributed by atoms with Crippen molar-refractivity contribution < 1.29 is 0 Å². The van der Waals surface area contributed by atoms with Gasteiger partial charge in [-0.15, -0.1) is 11.6 Å². The van der Waals surface area contributed by atoms with E-state index < -0.39 is 0 Å². The van der Waals surface area contributed by atoms with Crippen LogP contribution in [0.3, 0.4) is 0 Å². The molecule has 0 saturated heterocycles. The van der Waals surface area contributed by atoms with Crippen LogP contribution in [0, 0.1) is 6.92 Å². The van der Waals surface area contributed by atoms with Crippen LogP contribution in [0.15, 0.2) is 0 Å². The summed E-state index contributed by atoms with van der Waals surface area (Å²) in [6.45, 7) is 4.77. The van der Waals surface area contributed by atoms with Crippen molar-refractivity contribution in [2.75, 3.05) is 12.9 Å². The van der Waals surface area contributed by atoms with Crippen molar-refractivity contribution in [1.29, 1.82) is 0 Å². The molecule has 1 unspecified atom stereocenters. The average molecular weight is 250 g/mol. The van der Waals surface area contributed by atoms with Gasteiger partial charge in [-0.2, -0.15) is 5.10 Å². The van der Waals surface area contributed by atoms with Gasteiger partial charge in [-0.3, -0.25) is 9.58 Å². The molecule has 1 aromatic rings. The molecule has 1 rings (SSSR count). The Kier molecular flexibility index (Phi) is 4.44. The van der Waals surface area contributed by atoms with Crippen LogP contribution < -0.4 is 0 Å². The van der Waals surface area contributed by atoms with Gasteiger partial charge in [0.25, 0.3) is 0 Å². The molecule has 0 spiro atoms. The predicted molar refractivity (Wildman–Crippen MR) is 64.6 cm³/mol. The van der Waals surface area contributed by atoms with E-state index >= 15 is 0 Å². The molecule has 0 N–H and O–H groups in total. The van der Waals surface area contributed by atoms with Gasteiger partial charge in [0, 0.05) is 25.5 Å². The molecule has 15 heavy (non-hydrogen) atoms. The van der Waals surface area contributed by atoms with E-state index in [0.29, 0.717) is 11.9 Å². The molecule has 0 fully saturated rings. The van der Waals surface area contributed by atoms with Gasteiger partial charge in [0.1, 0.15) is 0 Å². The Morgan fingerprint density at radius 3 is 2.53 bits per heavy atom. The molecule has 1 atom stereocenters. The minimum atomic E-state index is 0.331. The van der Waals surface area contributed by atoms with E-state index in [1.54, 1.807) is 0 Å². The zero-order valence-electron chi connectivity index (χ0n) is 9.59. The molecule has 0 aliphatic rings. The third-order valence-corrected chi connectivity index (χ3v) is 3.57. The van der Waals surface area contributed by atoms with Crippen LogP contribution in [0.4, 0.5) is 0 Å². The first-order chi connectivity index (χ1) is 6.97. The van der Waals surface area contributed by atoms with E-state index in [0.717, 1.165) is 23.0 Å². The first-order valence-electron chi connectivity index (χ1n) is 4.91. The largest absolute Gasteiger partial charge is 0.297 e. The van der Waals surface area contributed by atoms with Gasteiger partial charge in [-0.25, -0.2) is 0 Å². The number of hydrogen-bond donors (Lipinski definition) is 0. The lowest BCUT2D eigenvalue weighted by molar-refractivity contribution is 0.261. The molecule has 0 saturated carbocycles. The third kappa shape index (κ3) is 2.86. The maximum atomic E-state index is 6.16. The lowest BCUT2D eigenvalue weighted by atomic mass is 10.3. The minimum absolute atomic E-state index is 0.331. The Balaban J connectivity index is 2.80. The molecule has 0 aliphatic carbocycles. The summed E-state index contributed by atoms with van der Waals surface area (Å²) in [5, 5.41) is 5.03. The number of aryl methyl sites for hydroxylation is 2. The van der Waals surface area contributed by atoms with Gasteiger partial charge < -0.3 is 0 Å². The normalized spacial score (nSPS) is 13.5. The molecule has 0 aromatic carbocycles. The first-order valence-corrected chi connectivity index (χ1v) is 5.82. The van der Waals surface area contributed by atoms with Crippen LogP contribution in [0.1, 0.15) is 18.3 Å². The van der Waals surface area contributed by atoms with Crippen molar-refractivity contribution in [2.24, 2.45) is 7.05 Å². The highest BCUT2D eigenvalue weighted by Gasteiger charge is 2.15. The van der Waals surface area contributed by atoms with Crippen molar-refractivity contribution in [1.82, 2.24) is 14.7 Å². The monoisotopic (exact) mass is 249 g/mol. The molecule has 5 heteroatoms. The van der Waals surface area contributed by atoms with E-state index in [2.05, 4.69) is 16.9 Å². The lowest BCUT2D eigenvalue weighted by Gasteiger charge is -2.22. The molecule has 1 heterocycles.